The van der Waals surface area contributed by atoms with Crippen LogP contribution in [0.3, 0.4) is 0 Å². The van der Waals surface area contributed by atoms with Crippen molar-refractivity contribution in [1.29, 1.82) is 0 Å². The molecular weight excluding hydrogens is 206 g/mol. The van der Waals surface area contributed by atoms with Crippen LogP contribution in [-0.4, -0.2) is 35.5 Å². The normalized spacial score (nSPS) is 18.0. The summed E-state index contributed by atoms with van der Waals surface area (Å²) < 4.78 is 0. The van der Waals surface area contributed by atoms with Gasteiger partial charge in [-0.2, -0.15) is 0 Å². The van der Waals surface area contributed by atoms with E-state index in [1.807, 2.05) is 0 Å². The molecular formula is C12H19NO3. The van der Waals surface area contributed by atoms with Crippen molar-refractivity contribution in [3.63, 3.8) is 0 Å². The first kappa shape index (κ1) is 12.9. The third-order valence-corrected chi connectivity index (χ3v) is 2.95. The summed E-state index contributed by atoms with van der Waals surface area (Å²) in [5.74, 6) is -1.23. The summed E-state index contributed by atoms with van der Waals surface area (Å²) in [6.07, 6.45) is 3.18. The average molecular weight is 225 g/mol. The van der Waals surface area contributed by atoms with Gasteiger partial charge in [-0.15, -0.1) is 0 Å². The lowest BCUT2D eigenvalue weighted by molar-refractivity contribution is -0.143. The van der Waals surface area contributed by atoms with E-state index in [4.69, 9.17) is 0 Å². The largest absolute Gasteiger partial charge is 0.342 e. The highest BCUT2D eigenvalue weighted by Crippen LogP contribution is 2.15. The lowest BCUT2D eigenvalue weighted by Gasteiger charge is -2.29. The summed E-state index contributed by atoms with van der Waals surface area (Å²) in [5, 5.41) is 0. The number of piperidine rings is 1. The van der Waals surface area contributed by atoms with Gasteiger partial charge < -0.3 is 4.90 Å². The highest BCUT2D eigenvalue weighted by Gasteiger charge is 2.29. The molecule has 0 aromatic rings. The van der Waals surface area contributed by atoms with Crippen molar-refractivity contribution >= 4 is 17.5 Å². The number of likely N-dealkylation sites (tertiary alicyclic amines) is 1. The second-order valence-electron chi connectivity index (χ2n) is 4.46. The number of carbonyl (C=O) groups is 3. The summed E-state index contributed by atoms with van der Waals surface area (Å²) in [6.45, 7) is 4.25. The maximum absolute atomic E-state index is 12.0. The number of hydrogen-bond acceptors (Lipinski definition) is 3. The minimum Gasteiger partial charge on any atom is -0.342 e. The van der Waals surface area contributed by atoms with Crippen LogP contribution in [0, 0.1) is 5.92 Å². The van der Waals surface area contributed by atoms with Crippen molar-refractivity contribution in [2.75, 3.05) is 13.1 Å². The van der Waals surface area contributed by atoms with E-state index in [1.54, 1.807) is 4.90 Å². The monoisotopic (exact) mass is 225 g/mol. The number of Topliss-reactive ketones (excluding diaryl/α,β-unsaturated/α-hetero) is 2. The molecule has 1 fully saturated rings. The van der Waals surface area contributed by atoms with Gasteiger partial charge in [0.05, 0.1) is 0 Å². The molecule has 1 rings (SSSR count). The van der Waals surface area contributed by atoms with E-state index in [1.165, 1.54) is 13.8 Å². The van der Waals surface area contributed by atoms with Gasteiger partial charge >= 0.3 is 0 Å². The molecule has 0 aromatic heterocycles. The second-order valence-corrected chi connectivity index (χ2v) is 4.46. The molecule has 1 atom stereocenters. The van der Waals surface area contributed by atoms with Crippen LogP contribution in [0.2, 0.25) is 0 Å². The third kappa shape index (κ3) is 3.43. The van der Waals surface area contributed by atoms with E-state index in [2.05, 4.69) is 0 Å². The number of carbonyl (C=O) groups excluding carboxylic acids is 3. The molecule has 0 aromatic carbocycles. The maximum atomic E-state index is 12.0. The fourth-order valence-corrected chi connectivity index (χ4v) is 2.03. The van der Waals surface area contributed by atoms with E-state index in [9.17, 15) is 14.4 Å². The van der Waals surface area contributed by atoms with Crippen LogP contribution >= 0.6 is 0 Å². The van der Waals surface area contributed by atoms with Gasteiger partial charge in [0.25, 0.3) is 0 Å². The first-order chi connectivity index (χ1) is 7.52. The van der Waals surface area contributed by atoms with Crippen molar-refractivity contribution < 1.29 is 14.4 Å². The van der Waals surface area contributed by atoms with Crippen LogP contribution in [0.5, 0.6) is 0 Å². The van der Waals surface area contributed by atoms with Crippen LogP contribution < -0.4 is 0 Å². The Morgan fingerprint density at radius 1 is 1.06 bits per heavy atom. The Kier molecular flexibility index (Phi) is 4.65. The quantitative estimate of drug-likeness (QED) is 0.675. The Labute approximate surface area is 96.0 Å². The molecule has 4 heteroatoms. The maximum Gasteiger partial charge on any atom is 0.233 e. The zero-order valence-electron chi connectivity index (χ0n) is 9.99. The second kappa shape index (κ2) is 5.77. The molecule has 0 aliphatic carbocycles. The van der Waals surface area contributed by atoms with Gasteiger partial charge in [0.1, 0.15) is 17.5 Å². The number of nitrogens with zero attached hydrogens (tertiary/aromatic N) is 1. The molecule has 1 aliphatic heterocycles. The van der Waals surface area contributed by atoms with Crippen LogP contribution in [-0.2, 0) is 14.4 Å². The predicted molar refractivity (Wildman–Crippen MR) is 59.9 cm³/mol. The van der Waals surface area contributed by atoms with Gasteiger partial charge in [-0.05, 0) is 33.1 Å². The highest BCUT2D eigenvalue weighted by molar-refractivity contribution is 6.03. The Hall–Kier alpha value is -1.19. The topological polar surface area (TPSA) is 54.5 Å². The average Bonchev–Trinajstić information content (AvgIpc) is 2.25. The van der Waals surface area contributed by atoms with Crippen LogP contribution in [0.1, 0.15) is 39.5 Å². The number of hydrogen-bond donors (Lipinski definition) is 0. The third-order valence-electron chi connectivity index (χ3n) is 2.95. The standard InChI is InChI=1S/C12H19NO3/c1-9(14)8-11(10(2)15)12(16)13-6-4-3-5-7-13/h11H,3-8H2,1-2H3. The molecule has 1 amide bonds. The molecule has 16 heavy (non-hydrogen) atoms. The van der Waals surface area contributed by atoms with Gasteiger partial charge in [0.2, 0.25) is 5.91 Å². The van der Waals surface area contributed by atoms with E-state index in [-0.39, 0.29) is 23.9 Å². The Morgan fingerprint density at radius 3 is 2.06 bits per heavy atom. The summed E-state index contributed by atoms with van der Waals surface area (Å²) in [4.78, 5) is 36.1. The first-order valence-electron chi connectivity index (χ1n) is 5.81. The smallest absolute Gasteiger partial charge is 0.233 e. The summed E-state index contributed by atoms with van der Waals surface area (Å²) >= 11 is 0. The van der Waals surface area contributed by atoms with Crippen LogP contribution in [0.25, 0.3) is 0 Å². The first-order valence-corrected chi connectivity index (χ1v) is 5.81. The molecule has 0 spiro atoms. The number of amides is 1. The Morgan fingerprint density at radius 2 is 1.62 bits per heavy atom. The molecule has 0 bridgehead atoms. The number of rotatable bonds is 4. The van der Waals surface area contributed by atoms with Crippen molar-refractivity contribution in [2.24, 2.45) is 5.92 Å². The minimum atomic E-state index is -0.754. The minimum absolute atomic E-state index is 0.0463. The van der Waals surface area contributed by atoms with Crippen molar-refractivity contribution in [3.05, 3.63) is 0 Å². The lowest BCUT2D eigenvalue weighted by atomic mass is 9.96. The highest BCUT2D eigenvalue weighted by atomic mass is 16.2. The van der Waals surface area contributed by atoms with Gasteiger partial charge in [-0.3, -0.25) is 14.4 Å². The fourth-order valence-electron chi connectivity index (χ4n) is 2.03. The zero-order chi connectivity index (χ0) is 12.1. The molecule has 0 N–H and O–H groups in total. The molecule has 1 saturated heterocycles. The van der Waals surface area contributed by atoms with Crippen LogP contribution in [0.4, 0.5) is 0 Å². The lowest BCUT2D eigenvalue weighted by Crippen LogP contribution is -2.42. The fraction of sp³-hybridized carbons (Fsp3) is 0.750. The summed E-state index contributed by atoms with van der Waals surface area (Å²) in [7, 11) is 0. The SMILES string of the molecule is CC(=O)CC(C(C)=O)C(=O)N1CCCCC1. The van der Waals surface area contributed by atoms with Crippen molar-refractivity contribution in [3.8, 4) is 0 Å². The summed E-state index contributed by atoms with van der Waals surface area (Å²) in [6, 6.07) is 0. The van der Waals surface area contributed by atoms with Gasteiger partial charge in [0.15, 0.2) is 0 Å². The van der Waals surface area contributed by atoms with Gasteiger partial charge in [-0.25, -0.2) is 0 Å². The van der Waals surface area contributed by atoms with Gasteiger partial charge in [0, 0.05) is 19.5 Å². The Balaban J connectivity index is 2.65. The van der Waals surface area contributed by atoms with E-state index >= 15 is 0 Å². The Bertz CT molecular complexity index is 293. The van der Waals surface area contributed by atoms with E-state index in [0.29, 0.717) is 0 Å². The molecule has 0 radical (unpaired) electrons. The van der Waals surface area contributed by atoms with Gasteiger partial charge in [-0.1, -0.05) is 0 Å². The summed E-state index contributed by atoms with van der Waals surface area (Å²) in [5.41, 5.74) is 0. The van der Waals surface area contributed by atoms with Crippen LogP contribution in [0.15, 0.2) is 0 Å². The zero-order valence-corrected chi connectivity index (χ0v) is 9.99. The molecule has 0 saturated carbocycles. The molecule has 1 unspecified atom stereocenters. The van der Waals surface area contributed by atoms with E-state index < -0.39 is 5.92 Å². The molecule has 4 nitrogen and oxygen atoms in total. The van der Waals surface area contributed by atoms with E-state index in [0.717, 1.165) is 32.4 Å². The predicted octanol–water partition coefficient (Wildman–Crippen LogP) is 1.18. The molecule has 1 aliphatic rings. The molecule has 1 heterocycles. The van der Waals surface area contributed by atoms with Crippen molar-refractivity contribution in [2.45, 2.75) is 39.5 Å². The van der Waals surface area contributed by atoms with Crippen molar-refractivity contribution in [1.82, 2.24) is 4.90 Å². The molecule has 90 valence electrons. The number of ketones is 2.